The number of halogens is 1. The number of anilines is 1. The van der Waals surface area contributed by atoms with Gasteiger partial charge in [0.15, 0.2) is 0 Å². The number of methoxy groups -OCH3 is 1. The van der Waals surface area contributed by atoms with Crippen LogP contribution in [0.15, 0.2) is 55.1 Å². The summed E-state index contributed by atoms with van der Waals surface area (Å²) in [4.78, 5) is 11.4. The summed E-state index contributed by atoms with van der Waals surface area (Å²) in [5, 5.41) is 4.90. The van der Waals surface area contributed by atoms with Crippen LogP contribution in [0.4, 0.5) is 5.82 Å². The number of piperidine rings is 1. The SMILES string of the molecule is COc1cc(-c2ccc(N3CCC(Oc4ccc(C)cn4)CC3)nc2)c2c(Cl)cnn2c1. The van der Waals surface area contributed by atoms with Crippen molar-refractivity contribution in [3.05, 3.63) is 65.7 Å². The monoisotopic (exact) mass is 449 g/mol. The average Bonchev–Trinajstić information content (AvgIpc) is 3.21. The van der Waals surface area contributed by atoms with E-state index in [1.54, 1.807) is 17.8 Å². The predicted molar refractivity (Wildman–Crippen MR) is 125 cm³/mol. The van der Waals surface area contributed by atoms with E-state index in [0.29, 0.717) is 16.7 Å². The molecule has 1 fully saturated rings. The smallest absolute Gasteiger partial charge is 0.213 e. The van der Waals surface area contributed by atoms with Crippen LogP contribution in [0, 0.1) is 6.92 Å². The van der Waals surface area contributed by atoms with Gasteiger partial charge < -0.3 is 14.4 Å². The zero-order chi connectivity index (χ0) is 22.1. The number of hydrogen-bond acceptors (Lipinski definition) is 6. The van der Waals surface area contributed by atoms with Crippen molar-refractivity contribution in [1.29, 1.82) is 0 Å². The Morgan fingerprint density at radius 3 is 2.56 bits per heavy atom. The van der Waals surface area contributed by atoms with E-state index in [1.807, 2.05) is 43.7 Å². The zero-order valence-electron chi connectivity index (χ0n) is 18.0. The molecule has 5 heterocycles. The topological polar surface area (TPSA) is 64.8 Å². The molecule has 0 aromatic carbocycles. The Labute approximate surface area is 191 Å². The molecule has 0 N–H and O–H groups in total. The summed E-state index contributed by atoms with van der Waals surface area (Å²) in [5.74, 6) is 2.36. The summed E-state index contributed by atoms with van der Waals surface area (Å²) in [6.45, 7) is 3.80. The molecule has 0 amide bonds. The van der Waals surface area contributed by atoms with Gasteiger partial charge >= 0.3 is 0 Å². The largest absolute Gasteiger partial charge is 0.495 e. The lowest BCUT2D eigenvalue weighted by atomic mass is 10.1. The molecule has 5 rings (SSSR count). The fraction of sp³-hybridized carbons (Fsp3) is 0.292. The van der Waals surface area contributed by atoms with E-state index in [0.717, 1.165) is 54.0 Å². The lowest BCUT2D eigenvalue weighted by molar-refractivity contribution is 0.164. The molecule has 32 heavy (non-hydrogen) atoms. The first kappa shape index (κ1) is 20.6. The average molecular weight is 450 g/mol. The minimum atomic E-state index is 0.176. The van der Waals surface area contributed by atoms with Gasteiger partial charge in [0.05, 0.1) is 30.0 Å². The van der Waals surface area contributed by atoms with E-state index in [-0.39, 0.29) is 6.10 Å². The van der Waals surface area contributed by atoms with Gasteiger partial charge in [-0.3, -0.25) is 0 Å². The van der Waals surface area contributed by atoms with E-state index in [4.69, 9.17) is 26.1 Å². The highest BCUT2D eigenvalue weighted by atomic mass is 35.5. The molecule has 0 aliphatic carbocycles. The van der Waals surface area contributed by atoms with Crippen LogP contribution in [0.25, 0.3) is 16.6 Å². The number of aromatic nitrogens is 4. The van der Waals surface area contributed by atoms with Crippen LogP contribution < -0.4 is 14.4 Å². The summed E-state index contributed by atoms with van der Waals surface area (Å²) >= 11 is 6.39. The van der Waals surface area contributed by atoms with Crippen molar-refractivity contribution in [2.24, 2.45) is 0 Å². The first-order valence-corrected chi connectivity index (χ1v) is 11.0. The molecule has 164 valence electrons. The number of nitrogens with zero attached hydrogens (tertiary/aromatic N) is 5. The van der Waals surface area contributed by atoms with Crippen molar-refractivity contribution in [3.63, 3.8) is 0 Å². The number of ether oxygens (including phenoxy) is 2. The molecule has 1 saturated heterocycles. The number of fused-ring (bicyclic) bond motifs is 1. The molecule has 7 nitrogen and oxygen atoms in total. The molecule has 1 aliphatic rings. The number of hydrogen-bond donors (Lipinski definition) is 0. The molecule has 4 aromatic rings. The van der Waals surface area contributed by atoms with Gasteiger partial charge in [-0.05, 0) is 30.7 Å². The highest BCUT2D eigenvalue weighted by Crippen LogP contribution is 2.33. The molecular formula is C24H24ClN5O2. The Kier molecular flexibility index (Phi) is 5.57. The van der Waals surface area contributed by atoms with Crippen LogP contribution in [0.3, 0.4) is 0 Å². The summed E-state index contributed by atoms with van der Waals surface area (Å²) < 4.78 is 13.2. The molecule has 0 atom stereocenters. The number of pyridine rings is 3. The maximum absolute atomic E-state index is 6.39. The maximum Gasteiger partial charge on any atom is 0.213 e. The van der Waals surface area contributed by atoms with Crippen molar-refractivity contribution in [3.8, 4) is 22.8 Å². The third kappa shape index (κ3) is 4.08. The van der Waals surface area contributed by atoms with Gasteiger partial charge in [0, 0.05) is 55.5 Å². The van der Waals surface area contributed by atoms with Crippen LogP contribution in [0.1, 0.15) is 18.4 Å². The summed E-state index contributed by atoms with van der Waals surface area (Å²) in [6, 6.07) is 10.0. The third-order valence-electron chi connectivity index (χ3n) is 5.77. The lowest BCUT2D eigenvalue weighted by Gasteiger charge is -2.32. The maximum atomic E-state index is 6.39. The first-order valence-electron chi connectivity index (χ1n) is 10.6. The fourth-order valence-corrected chi connectivity index (χ4v) is 4.25. The van der Waals surface area contributed by atoms with Crippen LogP contribution >= 0.6 is 11.6 Å². The van der Waals surface area contributed by atoms with Gasteiger partial charge in [0.25, 0.3) is 0 Å². The van der Waals surface area contributed by atoms with E-state index in [2.05, 4.69) is 27.1 Å². The normalized spacial score (nSPS) is 14.7. The molecule has 0 saturated carbocycles. The molecular weight excluding hydrogens is 426 g/mol. The van der Waals surface area contributed by atoms with Crippen molar-refractivity contribution in [2.45, 2.75) is 25.9 Å². The Balaban J connectivity index is 1.29. The fourth-order valence-electron chi connectivity index (χ4n) is 4.02. The number of aryl methyl sites for hydroxylation is 1. The van der Waals surface area contributed by atoms with Crippen molar-refractivity contribution in [1.82, 2.24) is 19.6 Å². The molecule has 4 aromatic heterocycles. The van der Waals surface area contributed by atoms with E-state index >= 15 is 0 Å². The summed E-state index contributed by atoms with van der Waals surface area (Å²) in [7, 11) is 1.64. The molecule has 0 bridgehead atoms. The minimum Gasteiger partial charge on any atom is -0.495 e. The minimum absolute atomic E-state index is 0.176. The Bertz CT molecular complexity index is 1220. The second-order valence-electron chi connectivity index (χ2n) is 7.96. The van der Waals surface area contributed by atoms with E-state index in [1.165, 1.54) is 0 Å². The van der Waals surface area contributed by atoms with Gasteiger partial charge in [0.1, 0.15) is 17.7 Å². The molecule has 0 spiro atoms. The van der Waals surface area contributed by atoms with Crippen LogP contribution in [-0.4, -0.2) is 45.9 Å². The summed E-state index contributed by atoms with van der Waals surface area (Å²) in [6.07, 6.45) is 9.21. The van der Waals surface area contributed by atoms with Crippen molar-refractivity contribution >= 4 is 22.9 Å². The van der Waals surface area contributed by atoms with Gasteiger partial charge in [0.2, 0.25) is 5.88 Å². The lowest BCUT2D eigenvalue weighted by Crippen LogP contribution is -2.38. The molecule has 0 unspecified atom stereocenters. The third-order valence-corrected chi connectivity index (χ3v) is 6.05. The van der Waals surface area contributed by atoms with Crippen LogP contribution in [0.5, 0.6) is 11.6 Å². The first-order chi connectivity index (χ1) is 15.6. The van der Waals surface area contributed by atoms with Crippen LogP contribution in [0.2, 0.25) is 5.02 Å². The summed E-state index contributed by atoms with van der Waals surface area (Å²) in [5.41, 5.74) is 3.86. The molecule has 0 radical (unpaired) electrons. The quantitative estimate of drug-likeness (QED) is 0.435. The Morgan fingerprint density at radius 1 is 1.03 bits per heavy atom. The second kappa shape index (κ2) is 8.67. The van der Waals surface area contributed by atoms with Gasteiger partial charge in [-0.25, -0.2) is 14.5 Å². The predicted octanol–water partition coefficient (Wildman–Crippen LogP) is 4.81. The highest BCUT2D eigenvalue weighted by Gasteiger charge is 2.22. The van der Waals surface area contributed by atoms with Crippen molar-refractivity contribution < 1.29 is 9.47 Å². The van der Waals surface area contributed by atoms with Gasteiger partial charge in [-0.15, -0.1) is 0 Å². The second-order valence-corrected chi connectivity index (χ2v) is 8.37. The van der Waals surface area contributed by atoms with E-state index in [9.17, 15) is 0 Å². The van der Waals surface area contributed by atoms with Gasteiger partial charge in [-0.1, -0.05) is 17.7 Å². The zero-order valence-corrected chi connectivity index (χ0v) is 18.8. The highest BCUT2D eigenvalue weighted by molar-refractivity contribution is 6.34. The Hall–Kier alpha value is -3.32. The number of rotatable bonds is 5. The Morgan fingerprint density at radius 2 is 1.88 bits per heavy atom. The van der Waals surface area contributed by atoms with E-state index < -0.39 is 0 Å². The molecule has 8 heteroatoms. The standard InChI is InChI=1S/C24H24ClN5O2/c1-16-3-6-23(27-12-16)32-18-7-9-29(10-8-18)22-5-4-17(13-26-22)20-11-19(31-2)15-30-24(20)21(25)14-28-30/h3-6,11-15,18H,7-10H2,1-2H3. The van der Waals surface area contributed by atoms with Gasteiger partial charge in [-0.2, -0.15) is 5.10 Å². The van der Waals surface area contributed by atoms with Crippen LogP contribution in [-0.2, 0) is 0 Å². The van der Waals surface area contributed by atoms with Crippen molar-refractivity contribution in [2.75, 3.05) is 25.1 Å². The molecule has 1 aliphatic heterocycles.